The van der Waals surface area contributed by atoms with Crippen LogP contribution in [-0.4, -0.2) is 23.1 Å². The summed E-state index contributed by atoms with van der Waals surface area (Å²) in [5.74, 6) is 2.42. The monoisotopic (exact) mass is 248 g/mol. The number of nitrogens with zero attached hydrogens (tertiary/aromatic N) is 3. The maximum Gasteiger partial charge on any atom is 0.134 e. The maximum atomic E-state index is 5.84. The highest BCUT2D eigenvalue weighted by Crippen LogP contribution is 2.35. The number of aromatic nitrogens is 2. The van der Waals surface area contributed by atoms with Crippen molar-refractivity contribution in [3.05, 3.63) is 11.9 Å². The number of nitrogen functional groups attached to an aromatic ring is 1. The Bertz CT molecular complexity index is 408. The summed E-state index contributed by atoms with van der Waals surface area (Å²) in [4.78, 5) is 11.2. The second-order valence-electron chi connectivity index (χ2n) is 5.57. The Morgan fingerprint density at radius 2 is 1.94 bits per heavy atom. The summed E-state index contributed by atoms with van der Waals surface area (Å²) in [6, 6.07) is 1.90. The lowest BCUT2D eigenvalue weighted by molar-refractivity contribution is 0.237. The van der Waals surface area contributed by atoms with Gasteiger partial charge in [-0.2, -0.15) is 0 Å². The Morgan fingerprint density at radius 1 is 1.28 bits per heavy atom. The molecule has 0 unspecified atom stereocenters. The second-order valence-corrected chi connectivity index (χ2v) is 5.57. The Hall–Kier alpha value is -1.32. The van der Waals surface area contributed by atoms with Crippen molar-refractivity contribution in [3.8, 4) is 0 Å². The van der Waals surface area contributed by atoms with Crippen LogP contribution in [-0.2, 0) is 6.42 Å². The van der Waals surface area contributed by atoms with Crippen molar-refractivity contribution in [2.75, 3.05) is 23.7 Å². The van der Waals surface area contributed by atoms with Crippen molar-refractivity contribution in [2.45, 2.75) is 46.5 Å². The number of nitrogens with two attached hydrogens (primary N) is 1. The van der Waals surface area contributed by atoms with Gasteiger partial charge in [-0.25, -0.2) is 9.97 Å². The number of hydrogen-bond acceptors (Lipinski definition) is 4. The van der Waals surface area contributed by atoms with Gasteiger partial charge in [-0.3, -0.25) is 0 Å². The molecule has 2 N–H and O–H groups in total. The lowest BCUT2D eigenvalue weighted by Crippen LogP contribution is -2.39. The van der Waals surface area contributed by atoms with Gasteiger partial charge in [-0.1, -0.05) is 27.2 Å². The van der Waals surface area contributed by atoms with E-state index in [1.54, 1.807) is 0 Å². The summed E-state index contributed by atoms with van der Waals surface area (Å²) < 4.78 is 0. The van der Waals surface area contributed by atoms with Crippen LogP contribution in [0.5, 0.6) is 0 Å². The molecule has 0 radical (unpaired) electrons. The van der Waals surface area contributed by atoms with Gasteiger partial charge in [-0.15, -0.1) is 0 Å². The molecule has 2 heterocycles. The van der Waals surface area contributed by atoms with Crippen molar-refractivity contribution < 1.29 is 0 Å². The zero-order valence-corrected chi connectivity index (χ0v) is 11.7. The highest BCUT2D eigenvalue weighted by molar-refractivity contribution is 5.47. The zero-order valence-electron chi connectivity index (χ0n) is 11.7. The fourth-order valence-electron chi connectivity index (χ4n) is 2.45. The molecular formula is C14H24N4. The molecule has 1 aliphatic heterocycles. The third-order valence-electron chi connectivity index (χ3n) is 4.24. The van der Waals surface area contributed by atoms with E-state index in [1.807, 2.05) is 6.07 Å². The Balaban J connectivity index is 2.12. The first-order valence-corrected chi connectivity index (χ1v) is 6.94. The van der Waals surface area contributed by atoms with Crippen LogP contribution in [0.2, 0.25) is 0 Å². The molecule has 4 nitrogen and oxygen atoms in total. The lowest BCUT2D eigenvalue weighted by Gasteiger charge is -2.39. The second kappa shape index (κ2) is 5.12. The van der Waals surface area contributed by atoms with Crippen LogP contribution in [0.25, 0.3) is 0 Å². The van der Waals surface area contributed by atoms with Crippen molar-refractivity contribution in [1.82, 2.24) is 9.97 Å². The molecule has 0 bridgehead atoms. The van der Waals surface area contributed by atoms with E-state index in [1.165, 1.54) is 19.3 Å². The molecule has 1 aliphatic rings. The minimum absolute atomic E-state index is 0.503. The summed E-state index contributed by atoms with van der Waals surface area (Å²) in [5, 5.41) is 0. The largest absolute Gasteiger partial charge is 0.384 e. The van der Waals surface area contributed by atoms with E-state index in [-0.39, 0.29) is 0 Å². The van der Waals surface area contributed by atoms with Gasteiger partial charge in [0.2, 0.25) is 0 Å². The zero-order chi connectivity index (χ0) is 13.2. The molecule has 0 aliphatic carbocycles. The van der Waals surface area contributed by atoms with Gasteiger partial charge in [0.15, 0.2) is 0 Å². The maximum absolute atomic E-state index is 5.84. The fraction of sp³-hybridized carbons (Fsp3) is 0.714. The first kappa shape index (κ1) is 13.1. The molecule has 1 aromatic rings. The molecule has 1 fully saturated rings. The predicted molar refractivity (Wildman–Crippen MR) is 75.7 cm³/mol. The molecule has 0 spiro atoms. The summed E-state index contributed by atoms with van der Waals surface area (Å²) in [7, 11) is 0. The Morgan fingerprint density at radius 3 is 2.50 bits per heavy atom. The molecule has 100 valence electrons. The van der Waals surface area contributed by atoms with Crippen molar-refractivity contribution in [1.29, 1.82) is 0 Å². The molecule has 0 aromatic carbocycles. The van der Waals surface area contributed by atoms with Crippen LogP contribution in [0.1, 0.15) is 45.9 Å². The topological polar surface area (TPSA) is 55.0 Å². The highest BCUT2D eigenvalue weighted by atomic mass is 15.2. The summed E-state index contributed by atoms with van der Waals surface area (Å²) in [6.07, 6.45) is 4.55. The number of aryl methyl sites for hydroxylation is 1. The third-order valence-corrected chi connectivity index (χ3v) is 4.24. The van der Waals surface area contributed by atoms with Gasteiger partial charge in [0, 0.05) is 25.6 Å². The minimum atomic E-state index is 0.503. The number of rotatable bonds is 3. The van der Waals surface area contributed by atoms with Gasteiger partial charge >= 0.3 is 0 Å². The molecule has 1 saturated heterocycles. The van der Waals surface area contributed by atoms with Crippen LogP contribution >= 0.6 is 0 Å². The average molecular weight is 248 g/mol. The SMILES string of the molecule is CCc1nc(N)cc(N2CCC(C)(CC)CC2)n1. The molecule has 2 rings (SSSR count). The summed E-state index contributed by atoms with van der Waals surface area (Å²) >= 11 is 0. The molecule has 1 aromatic heterocycles. The van der Waals surface area contributed by atoms with Gasteiger partial charge in [0.25, 0.3) is 0 Å². The van der Waals surface area contributed by atoms with E-state index in [0.29, 0.717) is 11.2 Å². The first-order chi connectivity index (χ1) is 8.56. The van der Waals surface area contributed by atoms with Crippen LogP contribution in [0, 0.1) is 5.41 Å². The Labute approximate surface area is 110 Å². The van der Waals surface area contributed by atoms with E-state index < -0.39 is 0 Å². The normalized spacial score (nSPS) is 18.9. The van der Waals surface area contributed by atoms with Gasteiger partial charge < -0.3 is 10.6 Å². The predicted octanol–water partition coefficient (Wildman–Crippen LogP) is 2.64. The van der Waals surface area contributed by atoms with E-state index in [9.17, 15) is 0 Å². The molecule has 0 saturated carbocycles. The van der Waals surface area contributed by atoms with Gasteiger partial charge in [0.1, 0.15) is 17.5 Å². The van der Waals surface area contributed by atoms with E-state index in [2.05, 4.69) is 35.6 Å². The van der Waals surface area contributed by atoms with Crippen molar-refractivity contribution in [2.24, 2.45) is 5.41 Å². The molecule has 4 heteroatoms. The Kier molecular flexibility index (Phi) is 3.73. The van der Waals surface area contributed by atoms with Crippen molar-refractivity contribution in [3.63, 3.8) is 0 Å². The standard InChI is InChI=1S/C14H24N4/c1-4-12-16-11(15)10-13(17-12)18-8-6-14(3,5-2)7-9-18/h10H,4-9H2,1-3H3,(H2,15,16,17). The van der Waals surface area contributed by atoms with E-state index in [0.717, 1.165) is 31.2 Å². The smallest absolute Gasteiger partial charge is 0.134 e. The van der Waals surface area contributed by atoms with Gasteiger partial charge in [-0.05, 0) is 18.3 Å². The number of hydrogen-bond donors (Lipinski definition) is 1. The average Bonchev–Trinajstić information content (AvgIpc) is 2.39. The lowest BCUT2D eigenvalue weighted by atomic mass is 9.78. The molecule has 18 heavy (non-hydrogen) atoms. The van der Waals surface area contributed by atoms with E-state index >= 15 is 0 Å². The van der Waals surface area contributed by atoms with Gasteiger partial charge in [0.05, 0.1) is 0 Å². The molecular weight excluding hydrogens is 224 g/mol. The number of piperidine rings is 1. The van der Waals surface area contributed by atoms with Crippen LogP contribution in [0.15, 0.2) is 6.07 Å². The number of anilines is 2. The quantitative estimate of drug-likeness (QED) is 0.893. The molecule has 0 amide bonds. The summed E-state index contributed by atoms with van der Waals surface area (Å²) in [6.45, 7) is 8.88. The molecule has 0 atom stereocenters. The van der Waals surface area contributed by atoms with Crippen LogP contribution in [0.3, 0.4) is 0 Å². The van der Waals surface area contributed by atoms with Crippen molar-refractivity contribution >= 4 is 11.6 Å². The summed E-state index contributed by atoms with van der Waals surface area (Å²) in [5.41, 5.74) is 6.35. The fourth-order valence-corrected chi connectivity index (χ4v) is 2.45. The third kappa shape index (κ3) is 2.74. The first-order valence-electron chi connectivity index (χ1n) is 6.94. The van der Waals surface area contributed by atoms with E-state index in [4.69, 9.17) is 5.73 Å². The van der Waals surface area contributed by atoms with Crippen LogP contribution < -0.4 is 10.6 Å². The van der Waals surface area contributed by atoms with Crippen LogP contribution in [0.4, 0.5) is 11.6 Å². The highest BCUT2D eigenvalue weighted by Gasteiger charge is 2.28. The minimum Gasteiger partial charge on any atom is -0.384 e.